The van der Waals surface area contributed by atoms with Crippen molar-refractivity contribution in [1.82, 2.24) is 0 Å². The molecule has 114 valence electrons. The Labute approximate surface area is 126 Å². The summed E-state index contributed by atoms with van der Waals surface area (Å²) >= 11 is 10.8. The molecule has 0 fully saturated rings. The van der Waals surface area contributed by atoms with Crippen molar-refractivity contribution in [2.24, 2.45) is 0 Å². The smallest absolute Gasteiger partial charge is 0.409 e. The molecule has 0 aliphatic carbocycles. The first-order valence-corrected chi connectivity index (χ1v) is 8.72. The van der Waals surface area contributed by atoms with Crippen molar-refractivity contribution in [2.75, 3.05) is 7.11 Å². The fourth-order valence-electron chi connectivity index (χ4n) is 1.51. The van der Waals surface area contributed by atoms with Gasteiger partial charge in [-0.3, -0.25) is 9.05 Å². The van der Waals surface area contributed by atoms with Crippen LogP contribution in [0.15, 0.2) is 10.8 Å². The van der Waals surface area contributed by atoms with Gasteiger partial charge in [0, 0.05) is 7.11 Å². The maximum atomic E-state index is 12.2. The summed E-state index contributed by atoms with van der Waals surface area (Å²) in [6, 6.07) is 0. The number of hydrogen-bond acceptors (Lipinski definition) is 4. The van der Waals surface area contributed by atoms with Crippen LogP contribution in [0.25, 0.3) is 0 Å². The van der Waals surface area contributed by atoms with Crippen molar-refractivity contribution in [2.45, 2.75) is 58.5 Å². The highest BCUT2D eigenvalue weighted by Crippen LogP contribution is 2.51. The van der Waals surface area contributed by atoms with E-state index in [-0.39, 0.29) is 10.6 Å². The maximum absolute atomic E-state index is 12.2. The predicted molar refractivity (Wildman–Crippen MR) is 79.4 cm³/mol. The van der Waals surface area contributed by atoms with Gasteiger partial charge in [0.05, 0.1) is 6.10 Å². The van der Waals surface area contributed by atoms with Gasteiger partial charge < -0.3 is 4.52 Å². The van der Waals surface area contributed by atoms with Gasteiger partial charge in [-0.2, -0.15) is 0 Å². The SMILES string of the molecule is CCCCC(CCCC)OP(=O)(OC)OC=C(Cl)Cl. The van der Waals surface area contributed by atoms with Crippen LogP contribution < -0.4 is 0 Å². The fourth-order valence-corrected chi connectivity index (χ4v) is 2.76. The van der Waals surface area contributed by atoms with Crippen LogP contribution in [-0.2, 0) is 18.1 Å². The predicted octanol–water partition coefficient (Wildman–Crippen LogP) is 5.80. The van der Waals surface area contributed by atoms with Gasteiger partial charge in [-0.25, -0.2) is 4.57 Å². The summed E-state index contributed by atoms with van der Waals surface area (Å²) < 4.78 is 27.3. The van der Waals surface area contributed by atoms with E-state index >= 15 is 0 Å². The number of unbranched alkanes of at least 4 members (excludes halogenated alkanes) is 2. The normalized spacial score (nSPS) is 14.2. The van der Waals surface area contributed by atoms with Gasteiger partial charge in [0.2, 0.25) is 0 Å². The summed E-state index contributed by atoms with van der Waals surface area (Å²) in [6.07, 6.45) is 6.58. The van der Waals surface area contributed by atoms with E-state index in [9.17, 15) is 4.57 Å². The van der Waals surface area contributed by atoms with Crippen molar-refractivity contribution in [3.8, 4) is 0 Å². The van der Waals surface area contributed by atoms with Crippen LogP contribution in [0.4, 0.5) is 0 Å². The first-order chi connectivity index (χ1) is 8.97. The van der Waals surface area contributed by atoms with E-state index in [0.29, 0.717) is 0 Å². The van der Waals surface area contributed by atoms with Crippen LogP contribution in [0.1, 0.15) is 52.4 Å². The molecular formula is C12H23Cl2O4P. The van der Waals surface area contributed by atoms with E-state index in [2.05, 4.69) is 13.8 Å². The molecule has 4 nitrogen and oxygen atoms in total. The van der Waals surface area contributed by atoms with Gasteiger partial charge in [-0.15, -0.1) is 0 Å². The van der Waals surface area contributed by atoms with Crippen molar-refractivity contribution in [3.05, 3.63) is 10.8 Å². The lowest BCUT2D eigenvalue weighted by molar-refractivity contribution is 0.0997. The number of rotatable bonds is 11. The van der Waals surface area contributed by atoms with Crippen LogP contribution in [0.3, 0.4) is 0 Å². The molecule has 0 aliphatic rings. The van der Waals surface area contributed by atoms with Crippen molar-refractivity contribution in [3.63, 3.8) is 0 Å². The average Bonchev–Trinajstić information content (AvgIpc) is 2.39. The molecule has 0 N–H and O–H groups in total. The lowest BCUT2D eigenvalue weighted by Gasteiger charge is -2.21. The maximum Gasteiger partial charge on any atom is 0.529 e. The number of hydrogen-bond donors (Lipinski definition) is 0. The van der Waals surface area contributed by atoms with Crippen molar-refractivity contribution in [1.29, 1.82) is 0 Å². The zero-order valence-electron chi connectivity index (χ0n) is 11.7. The van der Waals surface area contributed by atoms with Crippen molar-refractivity contribution >= 4 is 31.0 Å². The minimum absolute atomic E-state index is 0.139. The van der Waals surface area contributed by atoms with E-state index < -0.39 is 7.82 Å². The quantitative estimate of drug-likeness (QED) is 0.354. The second-order valence-corrected chi connectivity index (χ2v) is 6.84. The third-order valence-corrected chi connectivity index (χ3v) is 4.08. The zero-order valence-corrected chi connectivity index (χ0v) is 14.1. The molecule has 0 spiro atoms. The van der Waals surface area contributed by atoms with Gasteiger partial charge in [-0.1, -0.05) is 62.7 Å². The summed E-state index contributed by atoms with van der Waals surface area (Å²) in [6.45, 7) is 4.19. The molecule has 0 aromatic heterocycles. The van der Waals surface area contributed by atoms with Crippen LogP contribution in [0.2, 0.25) is 0 Å². The Kier molecular flexibility index (Phi) is 11.1. The summed E-state index contributed by atoms with van der Waals surface area (Å²) in [5.41, 5.74) is 0. The van der Waals surface area contributed by atoms with Gasteiger partial charge in [0.1, 0.15) is 10.8 Å². The van der Waals surface area contributed by atoms with Crippen LogP contribution in [0, 0.1) is 0 Å². The molecule has 0 heterocycles. The van der Waals surface area contributed by atoms with Crippen LogP contribution in [0.5, 0.6) is 0 Å². The molecule has 0 radical (unpaired) electrons. The van der Waals surface area contributed by atoms with Gasteiger partial charge in [0.25, 0.3) is 0 Å². The van der Waals surface area contributed by atoms with E-state index in [1.54, 1.807) is 0 Å². The number of halogens is 2. The molecule has 0 saturated heterocycles. The average molecular weight is 333 g/mol. The first-order valence-electron chi connectivity index (χ1n) is 6.51. The third-order valence-electron chi connectivity index (χ3n) is 2.53. The largest absolute Gasteiger partial charge is 0.529 e. The molecule has 0 saturated carbocycles. The van der Waals surface area contributed by atoms with E-state index in [1.165, 1.54) is 7.11 Å². The zero-order chi connectivity index (χ0) is 14.7. The Morgan fingerprint density at radius 1 is 1.21 bits per heavy atom. The van der Waals surface area contributed by atoms with Gasteiger partial charge in [0.15, 0.2) is 0 Å². The minimum Gasteiger partial charge on any atom is -0.409 e. The summed E-state index contributed by atoms with van der Waals surface area (Å²) in [4.78, 5) is 0. The topological polar surface area (TPSA) is 44.8 Å². The molecule has 0 aromatic rings. The standard InChI is InChI=1S/C12H23Cl2O4P/c1-4-6-8-11(9-7-5-2)18-19(15,16-3)17-10-12(13)14/h10-11H,4-9H2,1-3H3. The first kappa shape index (κ1) is 19.3. The van der Waals surface area contributed by atoms with Crippen LogP contribution in [-0.4, -0.2) is 13.2 Å². The molecule has 0 bridgehead atoms. The molecular weight excluding hydrogens is 310 g/mol. The molecule has 0 aliphatic heterocycles. The highest BCUT2D eigenvalue weighted by atomic mass is 35.5. The summed E-state index contributed by atoms with van der Waals surface area (Å²) in [7, 11) is -2.36. The molecule has 0 rings (SSSR count). The lowest BCUT2D eigenvalue weighted by atomic mass is 10.1. The van der Waals surface area contributed by atoms with E-state index in [4.69, 9.17) is 36.8 Å². The highest BCUT2D eigenvalue weighted by molar-refractivity contribution is 7.48. The molecule has 1 atom stereocenters. The van der Waals surface area contributed by atoms with Gasteiger partial charge in [-0.05, 0) is 12.8 Å². The number of phosphoric ester groups is 1. The van der Waals surface area contributed by atoms with E-state index in [0.717, 1.165) is 44.8 Å². The third kappa shape index (κ3) is 9.75. The Balaban J connectivity index is 4.55. The summed E-state index contributed by atoms with van der Waals surface area (Å²) in [5.74, 6) is 0. The summed E-state index contributed by atoms with van der Waals surface area (Å²) in [5, 5.41) is 0. The molecule has 7 heteroatoms. The van der Waals surface area contributed by atoms with Crippen LogP contribution >= 0.6 is 31.0 Å². The second-order valence-electron chi connectivity index (χ2n) is 4.15. The monoisotopic (exact) mass is 332 g/mol. The van der Waals surface area contributed by atoms with Gasteiger partial charge >= 0.3 is 7.82 Å². The minimum atomic E-state index is -3.64. The fraction of sp³-hybridized carbons (Fsp3) is 0.833. The molecule has 19 heavy (non-hydrogen) atoms. The highest BCUT2D eigenvalue weighted by Gasteiger charge is 2.29. The second kappa shape index (κ2) is 11.0. The Bertz CT molecular complexity index is 298. The molecule has 0 amide bonds. The van der Waals surface area contributed by atoms with E-state index in [1.807, 2.05) is 0 Å². The molecule has 1 unspecified atom stereocenters. The Morgan fingerprint density at radius 2 is 1.74 bits per heavy atom. The number of phosphoric acid groups is 1. The molecule has 0 aromatic carbocycles. The lowest BCUT2D eigenvalue weighted by Crippen LogP contribution is -2.12. The Hall–Kier alpha value is 0.270. The Morgan fingerprint density at radius 3 is 2.11 bits per heavy atom. The van der Waals surface area contributed by atoms with Crippen molar-refractivity contribution < 1.29 is 18.1 Å².